The van der Waals surface area contributed by atoms with Crippen molar-refractivity contribution in [2.24, 2.45) is 0 Å². The lowest BCUT2D eigenvalue weighted by Crippen LogP contribution is -2.55. The molecule has 2 rings (SSSR count). The Kier molecular flexibility index (Phi) is 4.49. The van der Waals surface area contributed by atoms with E-state index in [0.717, 1.165) is 0 Å². The van der Waals surface area contributed by atoms with E-state index in [1.54, 1.807) is 30.3 Å². The van der Waals surface area contributed by atoms with E-state index in [9.17, 15) is 15.0 Å². The quantitative estimate of drug-likeness (QED) is 0.747. The van der Waals surface area contributed by atoms with Gasteiger partial charge in [0.2, 0.25) is 0 Å². The maximum atomic E-state index is 11.9. The lowest BCUT2D eigenvalue weighted by molar-refractivity contribution is -0.261. The number of hydrogen-bond acceptors (Lipinski definition) is 6. The van der Waals surface area contributed by atoms with Gasteiger partial charge in [-0.05, 0) is 12.1 Å². The summed E-state index contributed by atoms with van der Waals surface area (Å²) in [7, 11) is 1.36. The van der Waals surface area contributed by atoms with Gasteiger partial charge in [0, 0.05) is 7.11 Å². The van der Waals surface area contributed by atoms with Crippen molar-refractivity contribution in [2.75, 3.05) is 13.7 Å². The number of aliphatic hydroxyl groups excluding tert-OH is 2. The minimum atomic E-state index is -1.23. The van der Waals surface area contributed by atoms with Crippen molar-refractivity contribution < 1.29 is 29.2 Å². The third-order valence-corrected chi connectivity index (χ3v) is 2.91. The predicted molar refractivity (Wildman–Crippen MR) is 64.4 cm³/mol. The van der Waals surface area contributed by atoms with Crippen molar-refractivity contribution in [1.29, 1.82) is 0 Å². The summed E-state index contributed by atoms with van der Waals surface area (Å²) in [4.78, 5) is 11.9. The second-order valence-corrected chi connectivity index (χ2v) is 4.23. The van der Waals surface area contributed by atoms with Crippen LogP contribution in [-0.2, 0) is 14.2 Å². The van der Waals surface area contributed by atoms with E-state index in [1.807, 2.05) is 0 Å². The van der Waals surface area contributed by atoms with Crippen LogP contribution < -0.4 is 0 Å². The first-order chi connectivity index (χ1) is 9.13. The predicted octanol–water partition coefficient (Wildman–Crippen LogP) is -0.0635. The molecule has 0 amide bonds. The first-order valence-electron chi connectivity index (χ1n) is 5.90. The van der Waals surface area contributed by atoms with Gasteiger partial charge in [0.15, 0.2) is 12.4 Å². The van der Waals surface area contributed by atoms with Crippen molar-refractivity contribution in [3.05, 3.63) is 35.9 Å². The summed E-state index contributed by atoms with van der Waals surface area (Å²) in [5.41, 5.74) is 0.349. The molecule has 104 valence electrons. The van der Waals surface area contributed by atoms with E-state index in [2.05, 4.69) is 0 Å². The van der Waals surface area contributed by atoms with Gasteiger partial charge in [-0.25, -0.2) is 4.79 Å². The maximum Gasteiger partial charge on any atom is 0.338 e. The zero-order valence-corrected chi connectivity index (χ0v) is 10.4. The highest BCUT2D eigenvalue weighted by Crippen LogP contribution is 2.20. The first-order valence-corrected chi connectivity index (χ1v) is 5.90. The molecule has 4 atom stereocenters. The number of rotatable bonds is 3. The Hall–Kier alpha value is -1.47. The SMILES string of the molecule is CO[C@@H]1OC[C@H](O)[C@H](OC(=O)c2ccccc2)[C@H]1O. The zero-order chi connectivity index (χ0) is 13.8. The number of aliphatic hydroxyl groups is 2. The fourth-order valence-electron chi connectivity index (χ4n) is 1.89. The highest BCUT2D eigenvalue weighted by Gasteiger charge is 2.41. The molecule has 0 aliphatic carbocycles. The summed E-state index contributed by atoms with van der Waals surface area (Å²) in [5.74, 6) is -0.611. The minimum absolute atomic E-state index is 0.0672. The van der Waals surface area contributed by atoms with E-state index in [4.69, 9.17) is 14.2 Å². The number of ether oxygens (including phenoxy) is 3. The Morgan fingerprint density at radius 2 is 2.00 bits per heavy atom. The third-order valence-electron chi connectivity index (χ3n) is 2.91. The lowest BCUT2D eigenvalue weighted by Gasteiger charge is -2.36. The Morgan fingerprint density at radius 3 is 2.63 bits per heavy atom. The minimum Gasteiger partial charge on any atom is -0.453 e. The summed E-state index contributed by atoms with van der Waals surface area (Å²) in [6.45, 7) is -0.0672. The molecule has 6 heteroatoms. The van der Waals surface area contributed by atoms with Crippen LogP contribution in [0.1, 0.15) is 10.4 Å². The van der Waals surface area contributed by atoms with Crippen molar-refractivity contribution in [2.45, 2.75) is 24.6 Å². The number of hydrogen-bond donors (Lipinski definition) is 2. The molecule has 0 spiro atoms. The standard InChI is InChI=1S/C13H16O6/c1-17-13-10(15)11(9(14)7-18-13)19-12(16)8-5-3-2-4-6-8/h2-6,9-11,13-15H,7H2,1H3/t9-,10+,11-,13+/m0/s1. The molecule has 6 nitrogen and oxygen atoms in total. The Bertz CT molecular complexity index is 420. The number of benzene rings is 1. The fraction of sp³-hybridized carbons (Fsp3) is 0.462. The monoisotopic (exact) mass is 268 g/mol. The van der Waals surface area contributed by atoms with Crippen molar-refractivity contribution in [3.63, 3.8) is 0 Å². The van der Waals surface area contributed by atoms with Crippen LogP contribution >= 0.6 is 0 Å². The van der Waals surface area contributed by atoms with Crippen LogP contribution in [-0.4, -0.2) is 54.5 Å². The normalized spacial score (nSPS) is 30.9. The molecule has 1 aliphatic heterocycles. The van der Waals surface area contributed by atoms with Crippen LogP contribution in [0.15, 0.2) is 30.3 Å². The second-order valence-electron chi connectivity index (χ2n) is 4.23. The molecule has 2 N–H and O–H groups in total. The van der Waals surface area contributed by atoms with Crippen LogP contribution in [0, 0.1) is 0 Å². The van der Waals surface area contributed by atoms with Crippen LogP contribution in [0.2, 0.25) is 0 Å². The van der Waals surface area contributed by atoms with E-state index in [1.165, 1.54) is 7.11 Å². The fourth-order valence-corrected chi connectivity index (χ4v) is 1.89. The number of carbonyl (C=O) groups excluding carboxylic acids is 1. The summed E-state index contributed by atoms with van der Waals surface area (Å²) >= 11 is 0. The number of methoxy groups -OCH3 is 1. The van der Waals surface area contributed by atoms with Gasteiger partial charge < -0.3 is 24.4 Å². The zero-order valence-electron chi connectivity index (χ0n) is 10.4. The molecule has 1 heterocycles. The van der Waals surface area contributed by atoms with E-state index in [-0.39, 0.29) is 6.61 Å². The van der Waals surface area contributed by atoms with Gasteiger partial charge in [-0.15, -0.1) is 0 Å². The second kappa shape index (κ2) is 6.12. The van der Waals surface area contributed by atoms with Gasteiger partial charge in [-0.1, -0.05) is 18.2 Å². The highest BCUT2D eigenvalue weighted by molar-refractivity contribution is 5.89. The van der Waals surface area contributed by atoms with Gasteiger partial charge >= 0.3 is 5.97 Å². The molecule has 1 aromatic rings. The van der Waals surface area contributed by atoms with Gasteiger partial charge in [0.25, 0.3) is 0 Å². The molecule has 0 saturated carbocycles. The lowest BCUT2D eigenvalue weighted by atomic mass is 10.1. The third kappa shape index (κ3) is 3.10. The molecule has 0 aromatic heterocycles. The van der Waals surface area contributed by atoms with Gasteiger partial charge in [0.05, 0.1) is 12.2 Å². The molecule has 0 unspecified atom stereocenters. The molecule has 0 radical (unpaired) electrons. The number of carbonyl (C=O) groups is 1. The highest BCUT2D eigenvalue weighted by atomic mass is 16.7. The van der Waals surface area contributed by atoms with Gasteiger partial charge in [-0.3, -0.25) is 0 Å². The Labute approximate surface area is 110 Å². The van der Waals surface area contributed by atoms with Crippen molar-refractivity contribution >= 4 is 5.97 Å². The molecular formula is C13H16O6. The maximum absolute atomic E-state index is 11.9. The molecule has 19 heavy (non-hydrogen) atoms. The van der Waals surface area contributed by atoms with Crippen LogP contribution in [0.5, 0.6) is 0 Å². The molecule has 1 aliphatic rings. The van der Waals surface area contributed by atoms with Crippen molar-refractivity contribution in [3.8, 4) is 0 Å². The topological polar surface area (TPSA) is 85.2 Å². The Morgan fingerprint density at radius 1 is 1.32 bits per heavy atom. The van der Waals surface area contributed by atoms with Crippen LogP contribution in [0.25, 0.3) is 0 Å². The largest absolute Gasteiger partial charge is 0.453 e. The van der Waals surface area contributed by atoms with E-state index in [0.29, 0.717) is 5.56 Å². The van der Waals surface area contributed by atoms with E-state index < -0.39 is 30.6 Å². The van der Waals surface area contributed by atoms with Crippen molar-refractivity contribution in [1.82, 2.24) is 0 Å². The summed E-state index contributed by atoms with van der Waals surface area (Å²) in [5, 5.41) is 19.6. The molecular weight excluding hydrogens is 252 g/mol. The average molecular weight is 268 g/mol. The smallest absolute Gasteiger partial charge is 0.338 e. The molecule has 1 saturated heterocycles. The van der Waals surface area contributed by atoms with Gasteiger partial charge in [0.1, 0.15) is 12.2 Å². The first kappa shape index (κ1) is 14.0. The molecule has 0 bridgehead atoms. The van der Waals surface area contributed by atoms with E-state index >= 15 is 0 Å². The van der Waals surface area contributed by atoms with Gasteiger partial charge in [-0.2, -0.15) is 0 Å². The molecule has 1 aromatic carbocycles. The summed E-state index contributed by atoms with van der Waals surface area (Å²) < 4.78 is 15.1. The summed E-state index contributed by atoms with van der Waals surface area (Å²) in [6, 6.07) is 8.36. The molecule has 1 fully saturated rings. The Balaban J connectivity index is 2.06. The van der Waals surface area contributed by atoms with Crippen LogP contribution in [0.3, 0.4) is 0 Å². The van der Waals surface area contributed by atoms with Crippen LogP contribution in [0.4, 0.5) is 0 Å². The average Bonchev–Trinajstić information content (AvgIpc) is 2.44. The summed E-state index contributed by atoms with van der Waals surface area (Å²) in [6.07, 6.45) is -4.32. The number of esters is 1.